The first-order valence-electron chi connectivity index (χ1n) is 8.74. The quantitative estimate of drug-likeness (QED) is 0.791. The summed E-state index contributed by atoms with van der Waals surface area (Å²) in [4.78, 5) is 0. The number of aromatic hydroxyl groups is 1. The lowest BCUT2D eigenvalue weighted by atomic mass is 9.70. The average molecular weight is 326 g/mol. The van der Waals surface area contributed by atoms with Gasteiger partial charge in [-0.15, -0.1) is 0 Å². The van der Waals surface area contributed by atoms with Crippen LogP contribution in [0, 0.1) is 11.8 Å². The number of phenols is 1. The summed E-state index contributed by atoms with van der Waals surface area (Å²) in [6, 6.07) is 16.7. The maximum Gasteiger partial charge on any atom is 0.115 e. The number of hydrogen-bond acceptors (Lipinski definition) is 3. The van der Waals surface area contributed by atoms with Gasteiger partial charge in [0.15, 0.2) is 0 Å². The molecule has 3 nitrogen and oxygen atoms in total. The number of aliphatic hydroxyl groups is 2. The fourth-order valence-corrected chi connectivity index (χ4v) is 3.91. The Hall–Kier alpha value is -1.84. The van der Waals surface area contributed by atoms with Crippen LogP contribution >= 0.6 is 0 Å². The zero-order chi connectivity index (χ0) is 17.2. The molecule has 0 bridgehead atoms. The predicted molar refractivity (Wildman–Crippen MR) is 94.5 cm³/mol. The van der Waals surface area contributed by atoms with E-state index >= 15 is 0 Å². The molecule has 2 aromatic carbocycles. The van der Waals surface area contributed by atoms with Crippen LogP contribution < -0.4 is 0 Å². The van der Waals surface area contributed by atoms with E-state index in [2.05, 4.69) is 6.92 Å². The maximum atomic E-state index is 10.9. The predicted octanol–water partition coefficient (Wildman–Crippen LogP) is 4.14. The van der Waals surface area contributed by atoms with Gasteiger partial charge in [0.05, 0.1) is 11.7 Å². The highest BCUT2D eigenvalue weighted by Crippen LogP contribution is 2.44. The van der Waals surface area contributed by atoms with Crippen molar-refractivity contribution in [3.63, 3.8) is 0 Å². The Bertz CT molecular complexity index is 643. The minimum atomic E-state index is -0.735. The second kappa shape index (κ2) is 6.96. The van der Waals surface area contributed by atoms with Gasteiger partial charge in [0.25, 0.3) is 0 Å². The van der Waals surface area contributed by atoms with Crippen molar-refractivity contribution in [2.24, 2.45) is 11.8 Å². The van der Waals surface area contributed by atoms with E-state index in [-0.39, 0.29) is 11.7 Å². The SMILES string of the molecule is C[C@H](C1CCC(O)(c2ccccc2)CC1)[C@@H](O)c1ccc(O)cc1. The highest BCUT2D eigenvalue weighted by Gasteiger charge is 2.37. The lowest BCUT2D eigenvalue weighted by Gasteiger charge is -2.39. The van der Waals surface area contributed by atoms with Gasteiger partial charge in [-0.2, -0.15) is 0 Å². The first kappa shape index (κ1) is 17.0. The Morgan fingerprint density at radius 2 is 1.54 bits per heavy atom. The van der Waals surface area contributed by atoms with Gasteiger partial charge in [-0.05, 0) is 60.8 Å². The molecule has 0 spiro atoms. The Labute approximate surface area is 143 Å². The van der Waals surface area contributed by atoms with Crippen molar-refractivity contribution in [3.05, 3.63) is 65.7 Å². The van der Waals surface area contributed by atoms with E-state index in [1.54, 1.807) is 24.3 Å². The van der Waals surface area contributed by atoms with Crippen LogP contribution in [0.1, 0.15) is 49.8 Å². The monoisotopic (exact) mass is 326 g/mol. The third-order valence-electron chi connectivity index (χ3n) is 5.64. The molecule has 24 heavy (non-hydrogen) atoms. The van der Waals surface area contributed by atoms with E-state index in [9.17, 15) is 15.3 Å². The van der Waals surface area contributed by atoms with Crippen molar-refractivity contribution in [3.8, 4) is 5.75 Å². The largest absolute Gasteiger partial charge is 0.508 e. The van der Waals surface area contributed by atoms with Crippen LogP contribution in [-0.4, -0.2) is 15.3 Å². The molecule has 0 aromatic heterocycles. The number of hydrogen-bond donors (Lipinski definition) is 3. The fourth-order valence-electron chi connectivity index (χ4n) is 3.91. The molecule has 3 N–H and O–H groups in total. The molecule has 0 radical (unpaired) electrons. The molecule has 0 heterocycles. The summed E-state index contributed by atoms with van der Waals surface area (Å²) in [5, 5.41) is 31.0. The molecule has 0 unspecified atom stereocenters. The molecule has 1 saturated carbocycles. The third-order valence-corrected chi connectivity index (χ3v) is 5.64. The summed E-state index contributed by atoms with van der Waals surface area (Å²) in [6.45, 7) is 2.08. The molecule has 0 amide bonds. The molecular formula is C21H26O3. The first-order valence-corrected chi connectivity index (χ1v) is 8.74. The Kier molecular flexibility index (Phi) is 4.93. The summed E-state index contributed by atoms with van der Waals surface area (Å²) in [5.74, 6) is 0.719. The molecule has 0 saturated heterocycles. The number of phenolic OH excluding ortho intramolecular Hbond substituents is 1. The minimum absolute atomic E-state index is 0.120. The van der Waals surface area contributed by atoms with Gasteiger partial charge in [0.1, 0.15) is 5.75 Å². The molecule has 0 aliphatic heterocycles. The van der Waals surface area contributed by atoms with Crippen molar-refractivity contribution in [2.75, 3.05) is 0 Å². The summed E-state index contributed by atoms with van der Waals surface area (Å²) in [5.41, 5.74) is 1.10. The standard InChI is InChI=1S/C21H26O3/c1-15(20(23)17-7-9-19(22)10-8-17)16-11-13-21(24,14-12-16)18-5-3-2-4-6-18/h2-10,15-16,20,22-24H,11-14H2,1H3/t15-,16?,20-,21?/m1/s1. The lowest BCUT2D eigenvalue weighted by Crippen LogP contribution is -2.34. The second-order valence-corrected chi connectivity index (χ2v) is 7.13. The summed E-state index contributed by atoms with van der Waals surface area (Å²) < 4.78 is 0. The van der Waals surface area contributed by atoms with Crippen LogP contribution in [0.25, 0.3) is 0 Å². The smallest absolute Gasteiger partial charge is 0.115 e. The van der Waals surface area contributed by atoms with Crippen LogP contribution in [0.3, 0.4) is 0 Å². The van der Waals surface area contributed by atoms with E-state index in [4.69, 9.17) is 0 Å². The van der Waals surface area contributed by atoms with Crippen molar-refractivity contribution in [1.29, 1.82) is 0 Å². The number of aliphatic hydroxyl groups excluding tert-OH is 1. The van der Waals surface area contributed by atoms with E-state index in [1.807, 2.05) is 30.3 Å². The van der Waals surface area contributed by atoms with Crippen LogP contribution in [-0.2, 0) is 5.60 Å². The number of rotatable bonds is 4. The molecule has 128 valence electrons. The Balaban J connectivity index is 1.64. The van der Waals surface area contributed by atoms with Crippen LogP contribution in [0.2, 0.25) is 0 Å². The zero-order valence-corrected chi connectivity index (χ0v) is 14.1. The summed E-state index contributed by atoms with van der Waals surface area (Å²) >= 11 is 0. The molecular weight excluding hydrogens is 300 g/mol. The molecule has 2 atom stereocenters. The van der Waals surface area contributed by atoms with Gasteiger partial charge in [0, 0.05) is 0 Å². The first-order chi connectivity index (χ1) is 11.5. The molecule has 1 fully saturated rings. The van der Waals surface area contributed by atoms with Crippen LogP contribution in [0.4, 0.5) is 0 Å². The van der Waals surface area contributed by atoms with Gasteiger partial charge in [-0.3, -0.25) is 0 Å². The highest BCUT2D eigenvalue weighted by molar-refractivity contribution is 5.28. The van der Waals surface area contributed by atoms with Gasteiger partial charge < -0.3 is 15.3 Å². The summed E-state index contributed by atoms with van der Waals surface area (Å²) in [6.07, 6.45) is 2.73. The van der Waals surface area contributed by atoms with E-state index < -0.39 is 11.7 Å². The normalized spacial score (nSPS) is 26.7. The average Bonchev–Trinajstić information content (AvgIpc) is 2.62. The molecule has 1 aliphatic rings. The Morgan fingerprint density at radius 3 is 2.12 bits per heavy atom. The zero-order valence-electron chi connectivity index (χ0n) is 14.1. The highest BCUT2D eigenvalue weighted by atomic mass is 16.3. The molecule has 3 heteroatoms. The van der Waals surface area contributed by atoms with Gasteiger partial charge in [-0.1, -0.05) is 49.4 Å². The van der Waals surface area contributed by atoms with Gasteiger partial charge in [0.2, 0.25) is 0 Å². The molecule has 1 aliphatic carbocycles. The third kappa shape index (κ3) is 3.47. The van der Waals surface area contributed by atoms with Crippen LogP contribution in [0.15, 0.2) is 54.6 Å². The van der Waals surface area contributed by atoms with Gasteiger partial charge in [-0.25, -0.2) is 0 Å². The van der Waals surface area contributed by atoms with E-state index in [1.165, 1.54) is 0 Å². The second-order valence-electron chi connectivity index (χ2n) is 7.13. The summed E-state index contributed by atoms with van der Waals surface area (Å²) in [7, 11) is 0. The molecule has 3 rings (SSSR count). The minimum Gasteiger partial charge on any atom is -0.508 e. The fraction of sp³-hybridized carbons (Fsp3) is 0.429. The molecule has 2 aromatic rings. The Morgan fingerprint density at radius 1 is 0.958 bits per heavy atom. The van der Waals surface area contributed by atoms with Crippen LogP contribution in [0.5, 0.6) is 5.75 Å². The van der Waals surface area contributed by atoms with Crippen molar-refractivity contribution in [2.45, 2.75) is 44.3 Å². The van der Waals surface area contributed by atoms with Crippen molar-refractivity contribution in [1.82, 2.24) is 0 Å². The van der Waals surface area contributed by atoms with E-state index in [0.717, 1.165) is 36.8 Å². The topological polar surface area (TPSA) is 60.7 Å². The maximum absolute atomic E-state index is 10.9. The van der Waals surface area contributed by atoms with Crippen molar-refractivity contribution >= 4 is 0 Å². The number of benzene rings is 2. The van der Waals surface area contributed by atoms with Gasteiger partial charge >= 0.3 is 0 Å². The lowest BCUT2D eigenvalue weighted by molar-refractivity contribution is -0.0341. The van der Waals surface area contributed by atoms with Crippen molar-refractivity contribution < 1.29 is 15.3 Å². The van der Waals surface area contributed by atoms with E-state index in [0.29, 0.717) is 5.92 Å².